The number of aromatic nitrogens is 3. The van der Waals surface area contributed by atoms with Crippen molar-refractivity contribution in [2.45, 2.75) is 41.2 Å². The first kappa shape index (κ1) is 21.2. The van der Waals surface area contributed by atoms with Crippen LogP contribution < -0.4 is 10.3 Å². The molecule has 1 saturated carbocycles. The molecule has 0 saturated heterocycles. The van der Waals surface area contributed by atoms with E-state index in [2.05, 4.69) is 14.8 Å². The quantitative estimate of drug-likeness (QED) is 0.390. The number of benzene rings is 2. The molecule has 0 atom stereocenters. The van der Waals surface area contributed by atoms with Crippen LogP contribution in [0.2, 0.25) is 0 Å². The van der Waals surface area contributed by atoms with Crippen molar-refractivity contribution >= 4 is 43.8 Å². The standard InChI is InChI=1S/C22H20N4O3S3/c1-14-6-10-17(11-7-14)32(28,29)25-18-4-2-3-5-19(18)30-13-16-12-20(27)26-22(23-16)31-21(24-26)15-8-9-15/h2-7,10-12,15,25H,8-9,13H2,1H3. The fourth-order valence-electron chi connectivity index (χ4n) is 3.19. The number of aryl methyl sites for hydroxylation is 1. The second kappa shape index (κ2) is 8.34. The van der Waals surface area contributed by atoms with Gasteiger partial charge in [0.25, 0.3) is 15.6 Å². The first-order chi connectivity index (χ1) is 15.4. The Bertz CT molecular complexity index is 1460. The van der Waals surface area contributed by atoms with Gasteiger partial charge < -0.3 is 0 Å². The first-order valence-corrected chi connectivity index (χ1v) is 13.4. The van der Waals surface area contributed by atoms with Gasteiger partial charge in [0.1, 0.15) is 5.01 Å². The van der Waals surface area contributed by atoms with E-state index in [0.29, 0.717) is 28.0 Å². The summed E-state index contributed by atoms with van der Waals surface area (Å²) in [7, 11) is -3.71. The molecule has 5 rings (SSSR count). The fraction of sp³-hybridized carbons (Fsp3) is 0.227. The molecule has 0 aliphatic heterocycles. The smallest absolute Gasteiger partial charge is 0.275 e. The summed E-state index contributed by atoms with van der Waals surface area (Å²) in [6.07, 6.45) is 2.24. The number of thioether (sulfide) groups is 1. The van der Waals surface area contributed by atoms with Gasteiger partial charge in [-0.2, -0.15) is 9.61 Å². The molecule has 1 aliphatic rings. The average Bonchev–Trinajstić information content (AvgIpc) is 3.52. The number of hydrogen-bond donors (Lipinski definition) is 1. The molecule has 0 radical (unpaired) electrons. The lowest BCUT2D eigenvalue weighted by Crippen LogP contribution is -2.15. The summed E-state index contributed by atoms with van der Waals surface area (Å²) in [4.78, 5) is 18.6. The van der Waals surface area contributed by atoms with E-state index in [1.807, 2.05) is 19.1 Å². The lowest BCUT2D eigenvalue weighted by molar-refractivity contribution is 0.601. The van der Waals surface area contributed by atoms with Crippen LogP contribution >= 0.6 is 23.1 Å². The number of sulfonamides is 1. The van der Waals surface area contributed by atoms with E-state index in [1.54, 1.807) is 36.4 Å². The highest BCUT2D eigenvalue weighted by molar-refractivity contribution is 7.98. The molecule has 0 spiro atoms. The van der Waals surface area contributed by atoms with Crippen molar-refractivity contribution in [1.82, 2.24) is 14.6 Å². The van der Waals surface area contributed by atoms with Crippen LogP contribution in [0.3, 0.4) is 0 Å². The van der Waals surface area contributed by atoms with Gasteiger partial charge in [-0.05, 0) is 44.0 Å². The lowest BCUT2D eigenvalue weighted by Gasteiger charge is -2.12. The van der Waals surface area contributed by atoms with E-state index < -0.39 is 10.0 Å². The molecule has 7 nitrogen and oxygen atoms in total. The third-order valence-corrected chi connectivity index (χ3v) is 8.64. The number of hydrogen-bond acceptors (Lipinski definition) is 7. The summed E-state index contributed by atoms with van der Waals surface area (Å²) < 4.78 is 29.7. The fourth-order valence-corrected chi connectivity index (χ4v) is 6.33. The van der Waals surface area contributed by atoms with Gasteiger partial charge in [0, 0.05) is 22.6 Å². The molecule has 1 fully saturated rings. The van der Waals surface area contributed by atoms with Crippen LogP contribution in [0.25, 0.3) is 4.96 Å². The normalized spacial score (nSPS) is 14.0. The zero-order valence-corrected chi connectivity index (χ0v) is 19.6. The molecule has 4 aromatic rings. The molecule has 0 bridgehead atoms. The second-order valence-corrected chi connectivity index (χ2v) is 11.4. The molecule has 1 aliphatic carbocycles. The molecule has 2 aromatic carbocycles. The zero-order chi connectivity index (χ0) is 22.3. The van der Waals surface area contributed by atoms with E-state index in [-0.39, 0.29) is 10.5 Å². The van der Waals surface area contributed by atoms with Crippen LogP contribution in [0.15, 0.2) is 69.2 Å². The second-order valence-electron chi connectivity index (χ2n) is 7.70. The molecule has 2 heterocycles. The van der Waals surface area contributed by atoms with E-state index >= 15 is 0 Å². The minimum absolute atomic E-state index is 0.192. The SMILES string of the molecule is Cc1ccc(S(=O)(=O)Nc2ccccc2SCc2cc(=O)n3nc(C4CC4)sc3n2)cc1. The minimum Gasteiger partial charge on any atom is -0.278 e. The summed E-state index contributed by atoms with van der Waals surface area (Å²) in [5.41, 5.74) is 1.93. The zero-order valence-electron chi connectivity index (χ0n) is 17.2. The molecule has 0 unspecified atom stereocenters. The highest BCUT2D eigenvalue weighted by Crippen LogP contribution is 2.41. The van der Waals surface area contributed by atoms with Gasteiger partial charge >= 0.3 is 0 Å². The number of anilines is 1. The molecule has 164 valence electrons. The van der Waals surface area contributed by atoms with Gasteiger partial charge in [0.05, 0.1) is 16.3 Å². The van der Waals surface area contributed by atoms with E-state index in [4.69, 9.17) is 0 Å². The molecule has 32 heavy (non-hydrogen) atoms. The summed E-state index contributed by atoms with van der Waals surface area (Å²) >= 11 is 2.90. The van der Waals surface area contributed by atoms with Crippen molar-refractivity contribution in [2.75, 3.05) is 4.72 Å². The van der Waals surface area contributed by atoms with Crippen molar-refractivity contribution in [3.63, 3.8) is 0 Å². The molecule has 0 amide bonds. The Morgan fingerprint density at radius 2 is 1.91 bits per heavy atom. The number of fused-ring (bicyclic) bond motifs is 1. The molecule has 10 heteroatoms. The van der Waals surface area contributed by atoms with E-state index in [0.717, 1.165) is 28.3 Å². The van der Waals surface area contributed by atoms with Crippen LogP contribution in [-0.4, -0.2) is 23.0 Å². The maximum atomic E-state index is 12.8. The predicted octanol–water partition coefficient (Wildman–Crippen LogP) is 4.43. The Labute approximate surface area is 193 Å². The molecule has 1 N–H and O–H groups in total. The highest BCUT2D eigenvalue weighted by Gasteiger charge is 2.28. The average molecular weight is 485 g/mol. The van der Waals surface area contributed by atoms with E-state index in [1.165, 1.54) is 33.7 Å². The van der Waals surface area contributed by atoms with Gasteiger partial charge in [-0.3, -0.25) is 9.52 Å². The number of para-hydroxylation sites is 1. The van der Waals surface area contributed by atoms with Crippen LogP contribution in [0.1, 0.15) is 35.0 Å². The highest BCUT2D eigenvalue weighted by atomic mass is 32.2. The summed E-state index contributed by atoms with van der Waals surface area (Å²) in [5.74, 6) is 0.901. The van der Waals surface area contributed by atoms with Crippen molar-refractivity contribution < 1.29 is 8.42 Å². The van der Waals surface area contributed by atoms with E-state index in [9.17, 15) is 13.2 Å². The van der Waals surface area contributed by atoms with Gasteiger partial charge in [0.15, 0.2) is 0 Å². The monoisotopic (exact) mass is 484 g/mol. The maximum absolute atomic E-state index is 12.8. The largest absolute Gasteiger partial charge is 0.278 e. The van der Waals surface area contributed by atoms with Crippen LogP contribution in [-0.2, 0) is 15.8 Å². The Morgan fingerprint density at radius 1 is 1.16 bits per heavy atom. The van der Waals surface area contributed by atoms with Gasteiger partial charge in [-0.15, -0.1) is 11.8 Å². The topological polar surface area (TPSA) is 93.4 Å². The molecular weight excluding hydrogens is 464 g/mol. The summed E-state index contributed by atoms with van der Waals surface area (Å²) in [6.45, 7) is 1.91. The van der Waals surface area contributed by atoms with Gasteiger partial charge in [-0.1, -0.05) is 41.2 Å². The third kappa shape index (κ3) is 4.43. The molecule has 2 aromatic heterocycles. The Hall–Kier alpha value is -2.69. The Balaban J connectivity index is 1.36. The van der Waals surface area contributed by atoms with Crippen molar-refractivity contribution in [3.8, 4) is 0 Å². The van der Waals surface area contributed by atoms with Crippen molar-refractivity contribution in [2.24, 2.45) is 0 Å². The minimum atomic E-state index is -3.71. The Morgan fingerprint density at radius 3 is 2.66 bits per heavy atom. The molecular formula is C22H20N4O3S3. The van der Waals surface area contributed by atoms with Gasteiger partial charge in [0.2, 0.25) is 4.96 Å². The predicted molar refractivity (Wildman–Crippen MR) is 127 cm³/mol. The maximum Gasteiger partial charge on any atom is 0.275 e. The Kier molecular flexibility index (Phi) is 5.52. The van der Waals surface area contributed by atoms with Crippen molar-refractivity contribution in [3.05, 3.63) is 81.2 Å². The van der Waals surface area contributed by atoms with Gasteiger partial charge in [-0.25, -0.2) is 13.4 Å². The first-order valence-electron chi connectivity index (χ1n) is 10.1. The number of nitrogens with one attached hydrogen (secondary N) is 1. The van der Waals surface area contributed by atoms with Crippen LogP contribution in [0, 0.1) is 6.92 Å². The summed E-state index contributed by atoms with van der Waals surface area (Å²) in [5, 5.41) is 5.37. The number of nitrogens with zero attached hydrogens (tertiary/aromatic N) is 3. The summed E-state index contributed by atoms with van der Waals surface area (Å²) in [6, 6.07) is 15.4. The lowest BCUT2D eigenvalue weighted by atomic mass is 10.2. The third-order valence-electron chi connectivity index (χ3n) is 5.08. The van der Waals surface area contributed by atoms with Crippen molar-refractivity contribution in [1.29, 1.82) is 0 Å². The number of rotatable bonds is 7. The van der Waals surface area contributed by atoms with Crippen LogP contribution in [0.5, 0.6) is 0 Å². The van der Waals surface area contributed by atoms with Crippen LogP contribution in [0.4, 0.5) is 5.69 Å².